The average molecular weight is 231 g/mol. The van der Waals surface area contributed by atoms with E-state index in [1.54, 1.807) is 18.2 Å². The van der Waals surface area contributed by atoms with Gasteiger partial charge in [-0.25, -0.2) is 13.8 Å². The van der Waals surface area contributed by atoms with Crippen LogP contribution in [0.4, 0.5) is 8.78 Å². The van der Waals surface area contributed by atoms with Crippen molar-refractivity contribution in [2.75, 3.05) is 0 Å². The molecule has 0 saturated carbocycles. The minimum absolute atomic E-state index is 0.165. The number of H-pyrrole nitrogens is 1. The predicted molar refractivity (Wildman–Crippen MR) is 59.2 cm³/mol. The number of aromatic nitrogens is 3. The highest BCUT2D eigenvalue weighted by atomic mass is 19.1. The third-order valence-electron chi connectivity index (χ3n) is 2.48. The standard InChI is InChI=1S/C12H7F2N3/c13-8-4-2-1-3-7(8)12-16-10-6-15-5-9(14)11(10)17-12/h1-6H,(H,16,17). The summed E-state index contributed by atoms with van der Waals surface area (Å²) < 4.78 is 26.9. The van der Waals surface area contributed by atoms with E-state index in [0.717, 1.165) is 6.20 Å². The number of hydrogen-bond donors (Lipinski definition) is 1. The SMILES string of the molecule is Fc1ccccc1-c1nc2c(F)cncc2[nH]1. The van der Waals surface area contributed by atoms with E-state index in [1.807, 2.05) is 0 Å². The molecule has 3 rings (SSSR count). The van der Waals surface area contributed by atoms with E-state index in [0.29, 0.717) is 16.9 Å². The molecule has 0 radical (unpaired) electrons. The second-order valence-corrected chi connectivity index (χ2v) is 3.58. The number of hydrogen-bond acceptors (Lipinski definition) is 2. The van der Waals surface area contributed by atoms with Gasteiger partial charge in [0.15, 0.2) is 5.82 Å². The Morgan fingerprint density at radius 1 is 1.00 bits per heavy atom. The topological polar surface area (TPSA) is 41.6 Å². The van der Waals surface area contributed by atoms with E-state index >= 15 is 0 Å². The van der Waals surface area contributed by atoms with Gasteiger partial charge in [0.25, 0.3) is 0 Å². The van der Waals surface area contributed by atoms with Gasteiger partial charge in [-0.2, -0.15) is 0 Å². The van der Waals surface area contributed by atoms with Crippen LogP contribution >= 0.6 is 0 Å². The van der Waals surface area contributed by atoms with Crippen molar-refractivity contribution in [3.05, 3.63) is 48.3 Å². The van der Waals surface area contributed by atoms with E-state index in [4.69, 9.17) is 0 Å². The van der Waals surface area contributed by atoms with Gasteiger partial charge in [-0.15, -0.1) is 0 Å². The van der Waals surface area contributed by atoms with Gasteiger partial charge in [0.1, 0.15) is 17.2 Å². The van der Waals surface area contributed by atoms with Crippen molar-refractivity contribution < 1.29 is 8.78 Å². The molecule has 1 aromatic carbocycles. The second-order valence-electron chi connectivity index (χ2n) is 3.58. The van der Waals surface area contributed by atoms with Crippen LogP contribution in [0.2, 0.25) is 0 Å². The molecule has 0 amide bonds. The highest BCUT2D eigenvalue weighted by molar-refractivity contribution is 5.78. The Bertz CT molecular complexity index is 691. The lowest BCUT2D eigenvalue weighted by molar-refractivity contribution is 0.628. The maximum absolute atomic E-state index is 13.5. The molecule has 0 aliphatic carbocycles. The summed E-state index contributed by atoms with van der Waals surface area (Å²) in [6, 6.07) is 6.19. The van der Waals surface area contributed by atoms with Gasteiger partial charge in [0, 0.05) is 0 Å². The molecule has 5 heteroatoms. The van der Waals surface area contributed by atoms with Gasteiger partial charge >= 0.3 is 0 Å². The summed E-state index contributed by atoms with van der Waals surface area (Å²) >= 11 is 0. The van der Waals surface area contributed by atoms with Crippen molar-refractivity contribution in [1.82, 2.24) is 15.0 Å². The number of fused-ring (bicyclic) bond motifs is 1. The van der Waals surface area contributed by atoms with Crippen LogP contribution in [0.15, 0.2) is 36.7 Å². The molecule has 1 N–H and O–H groups in total. The van der Waals surface area contributed by atoms with Crippen molar-refractivity contribution in [1.29, 1.82) is 0 Å². The highest BCUT2D eigenvalue weighted by Gasteiger charge is 2.11. The zero-order valence-electron chi connectivity index (χ0n) is 8.61. The summed E-state index contributed by atoms with van der Waals surface area (Å²) in [7, 11) is 0. The van der Waals surface area contributed by atoms with Crippen molar-refractivity contribution in [3.8, 4) is 11.4 Å². The fourth-order valence-corrected chi connectivity index (χ4v) is 1.68. The molecular formula is C12H7F2N3. The van der Waals surface area contributed by atoms with Gasteiger partial charge in [0.2, 0.25) is 0 Å². The van der Waals surface area contributed by atoms with Crippen molar-refractivity contribution in [3.63, 3.8) is 0 Å². The van der Waals surface area contributed by atoms with Gasteiger partial charge in [-0.1, -0.05) is 12.1 Å². The van der Waals surface area contributed by atoms with Crippen LogP contribution in [0.25, 0.3) is 22.4 Å². The molecule has 0 spiro atoms. The molecule has 2 aromatic heterocycles. The van der Waals surface area contributed by atoms with Gasteiger partial charge in [0.05, 0.1) is 23.5 Å². The maximum atomic E-state index is 13.5. The van der Waals surface area contributed by atoms with Crippen LogP contribution in [0.3, 0.4) is 0 Å². The number of nitrogens with one attached hydrogen (secondary N) is 1. The van der Waals surface area contributed by atoms with Crippen LogP contribution in [0.5, 0.6) is 0 Å². The Hall–Kier alpha value is -2.30. The fourth-order valence-electron chi connectivity index (χ4n) is 1.68. The monoisotopic (exact) mass is 231 g/mol. The van der Waals surface area contributed by atoms with Gasteiger partial charge < -0.3 is 4.98 Å². The minimum Gasteiger partial charge on any atom is -0.337 e. The van der Waals surface area contributed by atoms with Crippen LogP contribution in [0.1, 0.15) is 0 Å². The Balaban J connectivity index is 2.26. The van der Waals surface area contributed by atoms with Crippen molar-refractivity contribution in [2.45, 2.75) is 0 Å². The third-order valence-corrected chi connectivity index (χ3v) is 2.48. The number of imidazole rings is 1. The summed E-state index contributed by atoms with van der Waals surface area (Å²) in [5, 5.41) is 0. The second kappa shape index (κ2) is 3.62. The molecule has 0 aliphatic heterocycles. The van der Waals surface area contributed by atoms with Crippen LogP contribution in [0, 0.1) is 11.6 Å². The molecule has 0 saturated heterocycles. The zero-order valence-corrected chi connectivity index (χ0v) is 8.61. The Morgan fingerprint density at radius 3 is 2.59 bits per heavy atom. The molecule has 0 bridgehead atoms. The normalized spacial score (nSPS) is 10.9. The summed E-state index contributed by atoms with van der Waals surface area (Å²) in [5.74, 6) is -0.633. The lowest BCUT2D eigenvalue weighted by atomic mass is 10.2. The Kier molecular flexibility index (Phi) is 2.11. The lowest BCUT2D eigenvalue weighted by Crippen LogP contribution is -1.85. The van der Waals surface area contributed by atoms with Crippen LogP contribution < -0.4 is 0 Å². The smallest absolute Gasteiger partial charge is 0.169 e. The highest BCUT2D eigenvalue weighted by Crippen LogP contribution is 2.23. The average Bonchev–Trinajstić information content (AvgIpc) is 2.75. The molecule has 3 aromatic rings. The van der Waals surface area contributed by atoms with E-state index in [1.165, 1.54) is 12.3 Å². The molecule has 0 unspecified atom stereocenters. The maximum Gasteiger partial charge on any atom is 0.169 e. The van der Waals surface area contributed by atoms with Crippen LogP contribution in [-0.4, -0.2) is 15.0 Å². The molecule has 84 valence electrons. The number of rotatable bonds is 1. The van der Waals surface area contributed by atoms with Crippen LogP contribution in [-0.2, 0) is 0 Å². The van der Waals surface area contributed by atoms with E-state index < -0.39 is 11.6 Å². The molecule has 0 atom stereocenters. The number of benzene rings is 1. The lowest BCUT2D eigenvalue weighted by Gasteiger charge is -1.96. The summed E-state index contributed by atoms with van der Waals surface area (Å²) in [6.45, 7) is 0. The third kappa shape index (κ3) is 1.56. The first-order valence-corrected chi connectivity index (χ1v) is 5.00. The summed E-state index contributed by atoms with van der Waals surface area (Å²) in [5.41, 5.74) is 0.921. The molecule has 0 aliphatic rings. The van der Waals surface area contributed by atoms with Crippen molar-refractivity contribution >= 4 is 11.0 Å². The van der Waals surface area contributed by atoms with E-state index in [-0.39, 0.29) is 5.52 Å². The number of nitrogens with zero attached hydrogens (tertiary/aromatic N) is 2. The summed E-state index contributed by atoms with van der Waals surface area (Å²) in [6.07, 6.45) is 2.53. The Morgan fingerprint density at radius 2 is 1.82 bits per heavy atom. The van der Waals surface area contributed by atoms with E-state index in [9.17, 15) is 8.78 Å². The predicted octanol–water partition coefficient (Wildman–Crippen LogP) is 2.90. The quantitative estimate of drug-likeness (QED) is 0.699. The molecule has 0 fully saturated rings. The number of aromatic amines is 1. The minimum atomic E-state index is -0.527. The zero-order chi connectivity index (χ0) is 11.8. The summed E-state index contributed by atoms with van der Waals surface area (Å²) in [4.78, 5) is 10.6. The first-order valence-electron chi connectivity index (χ1n) is 5.00. The first kappa shape index (κ1) is 9.89. The fraction of sp³-hybridized carbons (Fsp3) is 0. The van der Waals surface area contributed by atoms with Gasteiger partial charge in [-0.05, 0) is 12.1 Å². The molecular weight excluding hydrogens is 224 g/mol. The molecule has 17 heavy (non-hydrogen) atoms. The van der Waals surface area contributed by atoms with E-state index in [2.05, 4.69) is 15.0 Å². The number of halogens is 2. The molecule has 3 nitrogen and oxygen atoms in total. The number of pyridine rings is 1. The largest absolute Gasteiger partial charge is 0.337 e. The van der Waals surface area contributed by atoms with Gasteiger partial charge in [-0.3, -0.25) is 4.98 Å². The van der Waals surface area contributed by atoms with Crippen molar-refractivity contribution in [2.24, 2.45) is 0 Å². The first-order chi connectivity index (χ1) is 8.25. The molecule has 2 heterocycles. The Labute approximate surface area is 95.1 Å².